The van der Waals surface area contributed by atoms with Crippen molar-refractivity contribution in [3.63, 3.8) is 0 Å². The van der Waals surface area contributed by atoms with Crippen LogP contribution in [0.5, 0.6) is 11.5 Å². The number of rotatable bonds is 5. The van der Waals surface area contributed by atoms with E-state index in [1.807, 2.05) is 6.08 Å². The highest BCUT2D eigenvalue weighted by Crippen LogP contribution is 2.65. The molecule has 4 N–H and O–H groups in total. The Hall–Kier alpha value is -4.87. The molecule has 2 aliphatic heterocycles. The zero-order valence-electron chi connectivity index (χ0n) is 25.8. The third kappa shape index (κ3) is 4.37. The average molecular weight is 690 g/mol. The summed E-state index contributed by atoms with van der Waals surface area (Å²) in [5.74, 6) is -6.83. The number of halogens is 2. The van der Waals surface area contributed by atoms with Crippen molar-refractivity contribution in [1.29, 1.82) is 0 Å². The molecular weight excluding hydrogens is 659 g/mol. The van der Waals surface area contributed by atoms with Crippen LogP contribution in [0.15, 0.2) is 72.3 Å². The van der Waals surface area contributed by atoms with Crippen LogP contribution in [0.3, 0.4) is 0 Å². The second-order valence-electron chi connectivity index (χ2n) is 12.6. The van der Waals surface area contributed by atoms with Gasteiger partial charge in [0.2, 0.25) is 11.8 Å². The molecule has 0 unspecified atom stereocenters. The second-order valence-corrected chi connectivity index (χ2v) is 13.4. The molecule has 2 saturated heterocycles. The number of amides is 6. The van der Waals surface area contributed by atoms with Crippen LogP contribution in [-0.2, 0) is 24.6 Å². The van der Waals surface area contributed by atoms with Gasteiger partial charge < -0.3 is 15.6 Å². The van der Waals surface area contributed by atoms with Gasteiger partial charge in [0.05, 0.1) is 41.0 Å². The molecule has 1 saturated carbocycles. The predicted octanol–water partition coefficient (Wildman–Crippen LogP) is 5.08. The van der Waals surface area contributed by atoms with Crippen LogP contribution in [0.2, 0.25) is 10.0 Å². The van der Waals surface area contributed by atoms with Gasteiger partial charge in [0, 0.05) is 16.5 Å². The molecule has 0 spiro atoms. The predicted molar refractivity (Wildman–Crippen MR) is 175 cm³/mol. The van der Waals surface area contributed by atoms with Crippen molar-refractivity contribution in [2.24, 2.45) is 29.4 Å². The molecule has 7 rings (SSSR count). The molecule has 246 valence electrons. The first-order valence-corrected chi connectivity index (χ1v) is 16.1. The molecule has 0 aromatic heterocycles. The van der Waals surface area contributed by atoms with Crippen molar-refractivity contribution >= 4 is 58.5 Å². The second kappa shape index (κ2) is 11.4. The van der Waals surface area contributed by atoms with Gasteiger partial charge in [0.25, 0.3) is 11.8 Å². The van der Waals surface area contributed by atoms with Crippen LogP contribution in [-0.4, -0.2) is 51.8 Å². The number of carbonyl (C=O) groups is 5. The van der Waals surface area contributed by atoms with Gasteiger partial charge in [-0.25, -0.2) is 4.79 Å². The number of phenolic OH excluding ortho intramolecular Hbond substituents is 1. The number of hydrogen-bond donors (Lipinski definition) is 3. The van der Waals surface area contributed by atoms with Crippen molar-refractivity contribution in [2.45, 2.75) is 31.1 Å². The van der Waals surface area contributed by atoms with Crippen LogP contribution in [0.25, 0.3) is 0 Å². The number of nitrogens with zero attached hydrogens (tertiary/aromatic N) is 2. The van der Waals surface area contributed by atoms with Gasteiger partial charge in [-0.05, 0) is 67.1 Å². The van der Waals surface area contributed by atoms with E-state index in [9.17, 15) is 24.3 Å². The molecule has 3 aromatic carbocycles. The number of nitrogens with one attached hydrogen (secondary N) is 1. The lowest BCUT2D eigenvalue weighted by atomic mass is 9.49. The van der Waals surface area contributed by atoms with Crippen LogP contribution in [0.1, 0.15) is 35.4 Å². The molecule has 0 bridgehead atoms. The summed E-state index contributed by atoms with van der Waals surface area (Å²) >= 11 is 12.6. The van der Waals surface area contributed by atoms with E-state index in [-0.39, 0.29) is 29.3 Å². The van der Waals surface area contributed by atoms with E-state index in [2.05, 4.69) is 5.43 Å². The lowest BCUT2D eigenvalue weighted by molar-refractivity contribution is -0.139. The summed E-state index contributed by atoms with van der Waals surface area (Å²) in [5, 5.41) is 13.1. The standard InChI is InChI=1S/C35H30Cl2N4O7/c1-16-4-3-5-22(29(16)42)28-20-11-12-21-27(32(45)40(30(21)43)34(38)47)23(20)15-24-31(44)41(39-26-13-8-18(36)14-25(26)37)33(46)35(24,28)17-6-9-19(48-2)10-7-17/h3-11,13-14,21,23-24,27-28,39,42H,12,15H2,1-2H3,(H2,38,47)/t21-,23+,24-,27-,28+,35+/m0/s1. The van der Waals surface area contributed by atoms with E-state index in [0.29, 0.717) is 37.9 Å². The number of allylic oxidation sites excluding steroid dienone is 2. The normalized spacial score (nSPS) is 27.8. The quantitative estimate of drug-likeness (QED) is 0.247. The number of hydrazine groups is 1. The molecule has 11 nitrogen and oxygen atoms in total. The van der Waals surface area contributed by atoms with Crippen LogP contribution in [0.4, 0.5) is 10.5 Å². The molecule has 48 heavy (non-hydrogen) atoms. The highest BCUT2D eigenvalue weighted by molar-refractivity contribution is 6.36. The maximum Gasteiger partial charge on any atom is 0.328 e. The Morgan fingerprint density at radius 1 is 1.00 bits per heavy atom. The summed E-state index contributed by atoms with van der Waals surface area (Å²) < 4.78 is 5.40. The van der Waals surface area contributed by atoms with Gasteiger partial charge >= 0.3 is 6.03 Å². The number of ether oxygens (including phenoxy) is 1. The fourth-order valence-corrected chi connectivity index (χ4v) is 8.77. The number of aromatic hydroxyl groups is 1. The summed E-state index contributed by atoms with van der Waals surface area (Å²) in [4.78, 5) is 69.6. The van der Waals surface area contributed by atoms with E-state index in [0.717, 1.165) is 5.01 Å². The molecule has 0 radical (unpaired) electrons. The molecule has 2 heterocycles. The van der Waals surface area contributed by atoms with Crippen molar-refractivity contribution in [3.05, 3.63) is 99.0 Å². The van der Waals surface area contributed by atoms with Gasteiger partial charge in [0.15, 0.2) is 0 Å². The summed E-state index contributed by atoms with van der Waals surface area (Å²) in [5.41, 5.74) is 9.02. The van der Waals surface area contributed by atoms with E-state index in [1.54, 1.807) is 61.5 Å². The minimum Gasteiger partial charge on any atom is -0.507 e. The van der Waals surface area contributed by atoms with E-state index < -0.39 is 64.7 Å². The number of phenols is 1. The Morgan fingerprint density at radius 2 is 1.73 bits per heavy atom. The van der Waals surface area contributed by atoms with Crippen molar-refractivity contribution in [3.8, 4) is 11.5 Å². The van der Waals surface area contributed by atoms with E-state index in [1.165, 1.54) is 13.2 Å². The van der Waals surface area contributed by atoms with E-state index in [4.69, 9.17) is 33.7 Å². The SMILES string of the molecule is COc1ccc([C@@]23C(=O)N(Nc4ccc(Cl)cc4Cl)C(=O)[C@@H]2C[C@@H]2C(=CC[C@@H]4C(=O)N(C(N)=O)C(=O)[C@@H]42)[C@@H]3c2cccc(C)c2O)cc1. The third-order valence-electron chi connectivity index (χ3n) is 10.4. The van der Waals surface area contributed by atoms with Crippen molar-refractivity contribution < 1.29 is 33.8 Å². The molecular formula is C35H30Cl2N4O7. The number of para-hydroxylation sites is 1. The lowest BCUT2D eigenvalue weighted by Gasteiger charge is -2.50. The monoisotopic (exact) mass is 688 g/mol. The maximum absolute atomic E-state index is 15.2. The number of primary amides is 1. The number of hydrogen-bond acceptors (Lipinski definition) is 8. The van der Waals surface area contributed by atoms with Crippen LogP contribution >= 0.6 is 23.2 Å². The van der Waals surface area contributed by atoms with Gasteiger partial charge in [-0.3, -0.25) is 24.6 Å². The first-order chi connectivity index (χ1) is 22.9. The minimum atomic E-state index is -1.63. The first kappa shape index (κ1) is 31.7. The zero-order chi connectivity index (χ0) is 34.2. The number of fused-ring (bicyclic) bond motifs is 4. The zero-order valence-corrected chi connectivity index (χ0v) is 27.3. The molecule has 6 amide bonds. The number of urea groups is 1. The molecule has 13 heteroatoms. The van der Waals surface area contributed by atoms with Crippen molar-refractivity contribution in [1.82, 2.24) is 9.91 Å². The van der Waals surface area contributed by atoms with Crippen LogP contribution in [0, 0.1) is 30.6 Å². The van der Waals surface area contributed by atoms with Crippen LogP contribution < -0.4 is 15.9 Å². The average Bonchev–Trinajstić information content (AvgIpc) is 3.44. The summed E-state index contributed by atoms with van der Waals surface area (Å²) in [6.07, 6.45) is 1.91. The van der Waals surface area contributed by atoms with Crippen molar-refractivity contribution in [2.75, 3.05) is 12.5 Å². The number of imide groups is 4. The molecule has 4 aliphatic rings. The summed E-state index contributed by atoms with van der Waals surface area (Å²) in [6, 6.07) is 15.4. The fraction of sp³-hybridized carbons (Fsp3) is 0.286. The highest BCUT2D eigenvalue weighted by Gasteiger charge is 2.71. The number of methoxy groups -OCH3 is 1. The van der Waals surface area contributed by atoms with Gasteiger partial charge in [-0.15, -0.1) is 0 Å². The molecule has 2 aliphatic carbocycles. The number of carbonyl (C=O) groups excluding carboxylic acids is 5. The fourth-order valence-electron chi connectivity index (χ4n) is 8.32. The topological polar surface area (TPSA) is 159 Å². The van der Waals surface area contributed by atoms with E-state index >= 15 is 4.79 Å². The third-order valence-corrected chi connectivity index (χ3v) is 10.9. The van der Waals surface area contributed by atoms with Gasteiger partial charge in [-0.2, -0.15) is 9.91 Å². The maximum atomic E-state index is 15.2. The number of nitrogens with two attached hydrogens (primary N) is 1. The minimum absolute atomic E-state index is 0.00910. The molecule has 6 atom stereocenters. The first-order valence-electron chi connectivity index (χ1n) is 15.3. The number of aryl methyl sites for hydroxylation is 1. The Kier molecular flexibility index (Phi) is 7.52. The number of likely N-dealkylation sites (tertiary alicyclic amines) is 1. The molecule has 3 fully saturated rings. The Bertz CT molecular complexity index is 1960. The van der Waals surface area contributed by atoms with Gasteiger partial charge in [-0.1, -0.05) is 65.2 Å². The molecule has 3 aromatic rings. The smallest absolute Gasteiger partial charge is 0.328 e. The number of benzene rings is 3. The largest absolute Gasteiger partial charge is 0.507 e. The Labute approximate surface area is 285 Å². The van der Waals surface area contributed by atoms with Gasteiger partial charge in [0.1, 0.15) is 11.5 Å². The highest BCUT2D eigenvalue weighted by atomic mass is 35.5. The summed E-state index contributed by atoms with van der Waals surface area (Å²) in [7, 11) is 1.51. The Balaban J connectivity index is 1.48. The summed E-state index contributed by atoms with van der Waals surface area (Å²) in [6.45, 7) is 1.73. The Morgan fingerprint density at radius 3 is 2.40 bits per heavy atom. The number of anilines is 1. The lowest BCUT2D eigenvalue weighted by Crippen LogP contribution is -2.53.